The van der Waals surface area contributed by atoms with Crippen molar-refractivity contribution in [2.24, 2.45) is 5.92 Å². The number of carbonyl (C=O) groups excluding carboxylic acids is 2. The molecule has 346 valence electrons. The first-order chi connectivity index (χ1) is 32.5. The van der Waals surface area contributed by atoms with Crippen LogP contribution in [0.2, 0.25) is 0 Å². The SMILES string of the molecule is C=CCOCCn1cc(C2CCN(CCOc3ccccc3C(=O)OC(=O)c3ccccc3OCCN3CCC(c4cn(CC5CCCCC5)c5ccccc45)CC3)CC2)c2ccccc21. The molecule has 66 heavy (non-hydrogen) atoms. The Hall–Kier alpha value is -5.68. The standard InChI is InChI=1S/C56H66N4O6/c1-2-35-63-36-34-59-40-49(45-16-6-10-20-51(45)59)43-24-28-57(29-25-43)32-37-64-53-22-12-8-18-47(53)55(61)66-56(62)48-19-9-13-23-54(48)65-38-33-58-30-26-44(27-31-58)50-41-60(39-42-14-4-3-5-15-42)52-21-11-7-17-46(50)52/h2,6-13,16-23,40-44H,1,3-5,14-15,24-39H2. The van der Waals surface area contributed by atoms with Gasteiger partial charge >= 0.3 is 11.9 Å². The molecule has 6 aromatic rings. The summed E-state index contributed by atoms with van der Waals surface area (Å²) in [7, 11) is 0. The second-order valence-corrected chi connectivity index (χ2v) is 18.5. The molecule has 1 aliphatic carbocycles. The first-order valence-electron chi connectivity index (χ1n) is 24.5. The zero-order chi connectivity index (χ0) is 45.1. The number of hydrogen-bond donors (Lipinski definition) is 0. The highest BCUT2D eigenvalue weighted by atomic mass is 16.6. The Morgan fingerprint density at radius 1 is 0.561 bits per heavy atom. The van der Waals surface area contributed by atoms with E-state index in [-0.39, 0.29) is 11.1 Å². The lowest BCUT2D eigenvalue weighted by molar-refractivity contribution is 0.0392. The molecule has 3 fully saturated rings. The van der Waals surface area contributed by atoms with E-state index in [1.165, 1.54) is 65.0 Å². The Morgan fingerprint density at radius 2 is 1.05 bits per heavy atom. The minimum absolute atomic E-state index is 0.214. The van der Waals surface area contributed by atoms with Crippen LogP contribution >= 0.6 is 0 Å². The molecule has 0 atom stereocenters. The summed E-state index contributed by atoms with van der Waals surface area (Å²) in [5.74, 6) is 1.11. The normalized spacial score (nSPS) is 17.0. The van der Waals surface area contributed by atoms with Gasteiger partial charge in [-0.05, 0) is 130 Å². The maximum Gasteiger partial charge on any atom is 0.349 e. The van der Waals surface area contributed by atoms with E-state index in [0.29, 0.717) is 49.8 Å². The fourth-order valence-electron chi connectivity index (χ4n) is 10.7. The van der Waals surface area contributed by atoms with E-state index < -0.39 is 11.9 Å². The number of hydrogen-bond acceptors (Lipinski definition) is 8. The van der Waals surface area contributed by atoms with Crippen molar-refractivity contribution in [3.63, 3.8) is 0 Å². The Balaban J connectivity index is 0.728. The second-order valence-electron chi connectivity index (χ2n) is 18.5. The highest BCUT2D eigenvalue weighted by molar-refractivity contribution is 6.05. The van der Waals surface area contributed by atoms with Gasteiger partial charge in [0.1, 0.15) is 35.8 Å². The summed E-state index contributed by atoms with van der Waals surface area (Å²) in [5, 5.41) is 2.73. The minimum Gasteiger partial charge on any atom is -0.491 e. The molecule has 10 heteroatoms. The summed E-state index contributed by atoms with van der Waals surface area (Å²) in [4.78, 5) is 31.9. The van der Waals surface area contributed by atoms with Gasteiger partial charge < -0.3 is 28.1 Å². The molecule has 2 aromatic heterocycles. The number of nitrogens with zero attached hydrogens (tertiary/aromatic N) is 4. The predicted molar refractivity (Wildman–Crippen MR) is 262 cm³/mol. The lowest BCUT2D eigenvalue weighted by Crippen LogP contribution is -2.36. The zero-order valence-corrected chi connectivity index (χ0v) is 38.5. The minimum atomic E-state index is -0.752. The molecule has 0 bridgehead atoms. The molecule has 3 aliphatic rings. The van der Waals surface area contributed by atoms with Crippen molar-refractivity contribution in [3.05, 3.63) is 144 Å². The molecule has 2 aliphatic heterocycles. The van der Waals surface area contributed by atoms with Gasteiger partial charge in [-0.15, -0.1) is 6.58 Å². The summed E-state index contributed by atoms with van der Waals surface area (Å²) < 4.78 is 28.4. The van der Waals surface area contributed by atoms with E-state index in [1.807, 2.05) is 12.1 Å². The van der Waals surface area contributed by atoms with Gasteiger partial charge in [-0.3, -0.25) is 9.80 Å². The van der Waals surface area contributed by atoms with E-state index in [2.05, 4.69) is 86.4 Å². The monoisotopic (exact) mass is 890 g/mol. The van der Waals surface area contributed by atoms with Gasteiger partial charge in [0.25, 0.3) is 0 Å². The molecule has 4 heterocycles. The number of likely N-dealkylation sites (tertiary alicyclic amines) is 2. The fraction of sp³-hybridized carbons (Fsp3) is 0.429. The molecule has 10 nitrogen and oxygen atoms in total. The molecule has 0 amide bonds. The highest BCUT2D eigenvalue weighted by Gasteiger charge is 2.27. The van der Waals surface area contributed by atoms with Crippen LogP contribution < -0.4 is 9.47 Å². The summed E-state index contributed by atoms with van der Waals surface area (Å²) >= 11 is 0. The lowest BCUT2D eigenvalue weighted by atomic mass is 9.89. The van der Waals surface area contributed by atoms with E-state index in [9.17, 15) is 9.59 Å². The number of esters is 2. The van der Waals surface area contributed by atoms with E-state index in [4.69, 9.17) is 18.9 Å². The van der Waals surface area contributed by atoms with Crippen LogP contribution in [0.5, 0.6) is 11.5 Å². The van der Waals surface area contributed by atoms with Crippen molar-refractivity contribution in [2.45, 2.75) is 82.7 Å². The number of carbonyl (C=O) groups is 2. The Labute approximate surface area is 390 Å². The van der Waals surface area contributed by atoms with Crippen LogP contribution in [0, 0.1) is 5.92 Å². The smallest absolute Gasteiger partial charge is 0.349 e. The first kappa shape index (κ1) is 45.5. The van der Waals surface area contributed by atoms with E-state index in [0.717, 1.165) is 84.0 Å². The molecule has 1 saturated carbocycles. The lowest BCUT2D eigenvalue weighted by Gasteiger charge is -2.32. The van der Waals surface area contributed by atoms with Crippen molar-refractivity contribution < 1.29 is 28.5 Å². The topological polar surface area (TPSA) is 87.4 Å². The summed E-state index contributed by atoms with van der Waals surface area (Å²) in [5.41, 5.74) is 5.97. The summed E-state index contributed by atoms with van der Waals surface area (Å²) in [6.07, 6.45) is 17.7. The molecule has 2 saturated heterocycles. The third kappa shape index (κ3) is 10.9. The largest absolute Gasteiger partial charge is 0.491 e. The number of fused-ring (bicyclic) bond motifs is 2. The zero-order valence-electron chi connectivity index (χ0n) is 38.5. The van der Waals surface area contributed by atoms with Crippen LogP contribution in [0.15, 0.2) is 122 Å². The molecular weight excluding hydrogens is 825 g/mol. The number of piperidine rings is 2. The molecule has 0 unspecified atom stereocenters. The van der Waals surface area contributed by atoms with Crippen molar-refractivity contribution in [3.8, 4) is 11.5 Å². The molecule has 0 spiro atoms. The number of rotatable bonds is 19. The maximum atomic E-state index is 13.5. The van der Waals surface area contributed by atoms with Crippen LogP contribution in [0.4, 0.5) is 0 Å². The van der Waals surface area contributed by atoms with Gasteiger partial charge in [0, 0.05) is 60.4 Å². The fourth-order valence-corrected chi connectivity index (χ4v) is 10.7. The molecule has 9 rings (SSSR count). The summed E-state index contributed by atoms with van der Waals surface area (Å²) in [6, 6.07) is 31.6. The Bertz CT molecular complexity index is 2560. The van der Waals surface area contributed by atoms with Crippen molar-refractivity contribution in [1.29, 1.82) is 0 Å². The predicted octanol–water partition coefficient (Wildman–Crippen LogP) is 10.9. The third-order valence-corrected chi connectivity index (χ3v) is 14.3. The average molecular weight is 891 g/mol. The average Bonchev–Trinajstić information content (AvgIpc) is 3.92. The van der Waals surface area contributed by atoms with E-state index in [1.54, 1.807) is 42.5 Å². The van der Waals surface area contributed by atoms with Crippen molar-refractivity contribution in [1.82, 2.24) is 18.9 Å². The summed E-state index contributed by atoms with van der Waals surface area (Å²) in [6.45, 7) is 13.1. The van der Waals surface area contributed by atoms with Gasteiger partial charge in [-0.25, -0.2) is 9.59 Å². The van der Waals surface area contributed by atoms with Gasteiger partial charge in [0.05, 0.1) is 13.2 Å². The molecular formula is C56H66N4O6. The van der Waals surface area contributed by atoms with Crippen molar-refractivity contribution in [2.75, 3.05) is 65.7 Å². The molecule has 4 aromatic carbocycles. The quantitative estimate of drug-likeness (QED) is 0.0344. The number of para-hydroxylation sites is 4. The highest BCUT2D eigenvalue weighted by Crippen LogP contribution is 2.37. The van der Waals surface area contributed by atoms with Gasteiger partial charge in [0.15, 0.2) is 0 Å². The van der Waals surface area contributed by atoms with Crippen LogP contribution in [0.1, 0.15) is 101 Å². The number of benzene rings is 4. The second kappa shape index (κ2) is 22.2. The van der Waals surface area contributed by atoms with Gasteiger partial charge in [-0.1, -0.05) is 86.0 Å². The Kier molecular flexibility index (Phi) is 15.3. The van der Waals surface area contributed by atoms with Crippen LogP contribution in [-0.4, -0.2) is 96.6 Å². The van der Waals surface area contributed by atoms with Crippen LogP contribution in [-0.2, 0) is 22.6 Å². The molecule has 0 radical (unpaired) electrons. The van der Waals surface area contributed by atoms with Crippen molar-refractivity contribution >= 4 is 33.7 Å². The van der Waals surface area contributed by atoms with E-state index >= 15 is 0 Å². The molecule has 0 N–H and O–H groups in total. The first-order valence-corrected chi connectivity index (χ1v) is 24.5. The third-order valence-electron chi connectivity index (χ3n) is 14.3. The van der Waals surface area contributed by atoms with Crippen LogP contribution in [0.3, 0.4) is 0 Å². The number of ether oxygens (including phenoxy) is 4. The van der Waals surface area contributed by atoms with Crippen LogP contribution in [0.25, 0.3) is 21.8 Å². The Morgan fingerprint density at radius 3 is 1.59 bits per heavy atom. The number of aromatic nitrogens is 2. The van der Waals surface area contributed by atoms with Gasteiger partial charge in [0.2, 0.25) is 0 Å². The maximum absolute atomic E-state index is 13.5. The van der Waals surface area contributed by atoms with Gasteiger partial charge in [-0.2, -0.15) is 0 Å².